The van der Waals surface area contributed by atoms with Gasteiger partial charge in [0.05, 0.1) is 0 Å². The van der Waals surface area contributed by atoms with Crippen molar-refractivity contribution in [3.05, 3.63) is 134 Å². The minimum absolute atomic E-state index is 0.0314. The number of hydrogen-bond donors (Lipinski definition) is 0. The Kier molecular flexibility index (Phi) is 12.5. The fourth-order valence-electron chi connectivity index (χ4n) is 8.92. The van der Waals surface area contributed by atoms with Crippen molar-refractivity contribution in [1.29, 1.82) is 0 Å². The molecule has 0 unspecified atom stereocenters. The SMILES string of the molecule is CC(C)[Si]1(C(C)C)OC[C@H]2O[C@@H](n3cnc4c(N=P(c5ccccc5)(c5ccccc5)c5ccccc5)ncnc43)[C@H]([Se]c3ccccc3)[C@@H]2O[Si](C(C)C)(C(C)C)O1. The number of ether oxygens (including phenoxy) is 1. The molecule has 2 aliphatic rings. The van der Waals surface area contributed by atoms with E-state index >= 15 is 0 Å². The molecule has 4 aromatic carbocycles. The summed E-state index contributed by atoms with van der Waals surface area (Å²) in [6, 6.07) is 42.6. The molecule has 8 rings (SSSR count). The first kappa shape index (κ1) is 42.2. The maximum absolute atomic E-state index is 7.72. The van der Waals surface area contributed by atoms with Crippen LogP contribution in [0.1, 0.15) is 61.6 Å². The average molecular weight is 909 g/mol. The summed E-state index contributed by atoms with van der Waals surface area (Å²) >= 11 is -0.0469. The molecule has 0 spiro atoms. The summed E-state index contributed by atoms with van der Waals surface area (Å²) in [6.07, 6.45) is 2.52. The predicted molar refractivity (Wildman–Crippen MR) is 246 cm³/mol. The van der Waals surface area contributed by atoms with Crippen LogP contribution in [0.4, 0.5) is 5.82 Å². The minimum atomic E-state index is -2.92. The second-order valence-corrected chi connectivity index (χ2v) is 31.3. The summed E-state index contributed by atoms with van der Waals surface area (Å²) in [7, 11) is -8.32. The standard InChI is InChI=1S/C46H56N5O4PSeSi2/c1-32(2)58(33(3)4)52-29-40-42(54-59(55-58,34(5)6)35(7)8)43(57-39-27-19-12-20-28-39)46(53-40)51-31-49-41-44(47-30-48-45(41)51)50-56(36-21-13-9-14-22-36,37-23-15-10-16-24-37)38-25-17-11-18-26-38/h9-28,30-35,40,42-43,46H,29H2,1-8H3/t40-,42-,43-,46-/m1/s1. The Morgan fingerprint density at radius 2 is 1.17 bits per heavy atom. The summed E-state index contributed by atoms with van der Waals surface area (Å²) in [5, 5.41) is 3.40. The zero-order valence-electron chi connectivity index (χ0n) is 35.3. The van der Waals surface area contributed by atoms with E-state index in [4.69, 9.17) is 37.4 Å². The van der Waals surface area contributed by atoms with Crippen LogP contribution in [0, 0.1) is 0 Å². The summed E-state index contributed by atoms with van der Waals surface area (Å²) in [4.78, 5) is 14.9. The molecule has 0 N–H and O–H groups in total. The van der Waals surface area contributed by atoms with Crippen molar-refractivity contribution < 1.29 is 17.7 Å². The molecule has 9 nitrogen and oxygen atoms in total. The number of benzene rings is 4. The third kappa shape index (κ3) is 7.70. The van der Waals surface area contributed by atoms with Gasteiger partial charge in [0.15, 0.2) is 0 Å². The van der Waals surface area contributed by atoms with E-state index in [-0.39, 0.29) is 54.1 Å². The van der Waals surface area contributed by atoms with Crippen molar-refractivity contribution in [1.82, 2.24) is 19.5 Å². The molecule has 308 valence electrons. The van der Waals surface area contributed by atoms with Gasteiger partial charge in [-0.1, -0.05) is 0 Å². The van der Waals surface area contributed by atoms with Crippen molar-refractivity contribution in [3.8, 4) is 0 Å². The molecular weight excluding hydrogens is 853 g/mol. The third-order valence-corrected chi connectivity index (χ3v) is 28.5. The Morgan fingerprint density at radius 3 is 1.68 bits per heavy atom. The fraction of sp³-hybridized carbons (Fsp3) is 0.370. The number of rotatable bonds is 11. The first-order valence-corrected chi connectivity index (χ1v) is 28.4. The molecule has 0 radical (unpaired) electrons. The fourth-order valence-corrected chi connectivity index (χ4v) is 26.6. The van der Waals surface area contributed by atoms with Gasteiger partial charge in [-0.25, -0.2) is 0 Å². The van der Waals surface area contributed by atoms with E-state index in [9.17, 15) is 0 Å². The molecule has 13 heteroatoms. The van der Waals surface area contributed by atoms with E-state index in [1.807, 2.05) is 6.33 Å². The van der Waals surface area contributed by atoms with Crippen LogP contribution >= 0.6 is 7.05 Å². The Balaban J connectivity index is 1.30. The second-order valence-electron chi connectivity index (χ2n) is 16.8. The molecule has 0 bridgehead atoms. The number of nitrogens with zero attached hydrogens (tertiary/aromatic N) is 5. The van der Waals surface area contributed by atoms with E-state index in [0.717, 1.165) is 15.9 Å². The zero-order valence-corrected chi connectivity index (χ0v) is 39.9. The van der Waals surface area contributed by atoms with Crippen molar-refractivity contribution in [2.45, 2.75) is 101 Å². The molecule has 4 heterocycles. The van der Waals surface area contributed by atoms with E-state index in [0.29, 0.717) is 23.6 Å². The predicted octanol–water partition coefficient (Wildman–Crippen LogP) is 9.31. The third-order valence-electron chi connectivity index (χ3n) is 11.9. The van der Waals surface area contributed by atoms with Crippen molar-refractivity contribution in [3.63, 3.8) is 0 Å². The number of fused-ring (bicyclic) bond motifs is 2. The van der Waals surface area contributed by atoms with Crippen LogP contribution in [0.2, 0.25) is 27.0 Å². The van der Waals surface area contributed by atoms with E-state index < -0.39 is 30.4 Å². The van der Waals surface area contributed by atoms with E-state index in [1.54, 1.807) is 6.33 Å². The normalized spacial score (nSPS) is 21.8. The van der Waals surface area contributed by atoms with Gasteiger partial charge >= 0.3 is 360 Å². The van der Waals surface area contributed by atoms with E-state index in [1.165, 1.54) is 4.46 Å². The van der Waals surface area contributed by atoms with Crippen LogP contribution in [0.25, 0.3) is 11.2 Å². The Bertz CT molecular complexity index is 2270. The molecule has 59 heavy (non-hydrogen) atoms. The van der Waals surface area contributed by atoms with Gasteiger partial charge in [0, 0.05) is 0 Å². The van der Waals surface area contributed by atoms with Crippen molar-refractivity contribution >= 4 is 76.5 Å². The van der Waals surface area contributed by atoms with Crippen molar-refractivity contribution in [2.24, 2.45) is 4.74 Å². The van der Waals surface area contributed by atoms with Gasteiger partial charge in [-0.15, -0.1) is 0 Å². The van der Waals surface area contributed by atoms with Gasteiger partial charge in [0.25, 0.3) is 0 Å². The molecular formula is C46H56N5O4PSeSi2. The van der Waals surface area contributed by atoms with Crippen LogP contribution in [0.15, 0.2) is 139 Å². The quantitative estimate of drug-likeness (QED) is 0.0946. The second kappa shape index (κ2) is 17.4. The van der Waals surface area contributed by atoms with Gasteiger partial charge in [-0.05, 0) is 0 Å². The van der Waals surface area contributed by atoms with Gasteiger partial charge in [0.2, 0.25) is 0 Å². The van der Waals surface area contributed by atoms with Crippen LogP contribution in [-0.4, -0.2) is 70.4 Å². The monoisotopic (exact) mass is 909 g/mol. The summed E-state index contributed by atoms with van der Waals surface area (Å²) in [5.74, 6) is 0.552. The Morgan fingerprint density at radius 1 is 0.661 bits per heavy atom. The molecule has 2 aliphatic heterocycles. The molecule has 2 fully saturated rings. The Labute approximate surface area is 358 Å². The molecule has 0 amide bonds. The molecule has 0 aliphatic carbocycles. The summed E-state index contributed by atoms with van der Waals surface area (Å²) in [6.45, 7) is 18.6. The van der Waals surface area contributed by atoms with Crippen molar-refractivity contribution in [2.75, 3.05) is 6.61 Å². The number of aromatic nitrogens is 4. The zero-order chi connectivity index (χ0) is 41.4. The van der Waals surface area contributed by atoms with Gasteiger partial charge in [0.1, 0.15) is 0 Å². The molecule has 2 aromatic heterocycles. The molecule has 0 saturated carbocycles. The summed E-state index contributed by atoms with van der Waals surface area (Å²) in [5.41, 5.74) is 2.20. The molecule has 2 saturated heterocycles. The number of imidazole rings is 1. The average Bonchev–Trinajstić information content (AvgIpc) is 3.81. The first-order valence-electron chi connectivity index (χ1n) is 20.9. The van der Waals surface area contributed by atoms with Crippen LogP contribution in [0.3, 0.4) is 0 Å². The Hall–Kier alpha value is -3.55. The molecule has 4 atom stereocenters. The van der Waals surface area contributed by atoms with E-state index in [2.05, 4.69) is 181 Å². The van der Waals surface area contributed by atoms with Crippen LogP contribution in [-0.2, 0) is 17.7 Å². The van der Waals surface area contributed by atoms with Gasteiger partial charge < -0.3 is 0 Å². The molecule has 6 aromatic rings. The maximum atomic E-state index is 7.72. The first-order chi connectivity index (χ1) is 28.5. The van der Waals surface area contributed by atoms with Gasteiger partial charge in [-0.2, -0.15) is 0 Å². The van der Waals surface area contributed by atoms with Gasteiger partial charge in [-0.3, -0.25) is 0 Å². The van der Waals surface area contributed by atoms with Crippen LogP contribution in [0.5, 0.6) is 0 Å². The number of hydrogen-bond acceptors (Lipinski definition) is 8. The summed E-state index contributed by atoms with van der Waals surface area (Å²) < 4.78 is 39.0. The topological polar surface area (TPSA) is 92.9 Å². The van der Waals surface area contributed by atoms with Crippen LogP contribution < -0.4 is 20.4 Å².